The van der Waals surface area contributed by atoms with E-state index in [1.807, 2.05) is 24.3 Å². The van der Waals surface area contributed by atoms with Crippen LogP contribution in [0.4, 0.5) is 17.1 Å². The van der Waals surface area contributed by atoms with Gasteiger partial charge in [-0.1, -0.05) is 24.3 Å². The minimum Gasteiger partial charge on any atom is -0.497 e. The molecule has 38 heavy (non-hydrogen) atoms. The number of hydrogen-bond donors (Lipinski definition) is 4. The van der Waals surface area contributed by atoms with Crippen LogP contribution in [0.3, 0.4) is 0 Å². The first-order chi connectivity index (χ1) is 18.3. The Balaban J connectivity index is 1.37. The van der Waals surface area contributed by atoms with Gasteiger partial charge in [-0.25, -0.2) is 0 Å². The molecule has 3 aromatic carbocycles. The third-order valence-corrected chi connectivity index (χ3v) is 6.22. The predicted octanol–water partition coefficient (Wildman–Crippen LogP) is 4.63. The number of carbonyl (C=O) groups is 2. The maximum atomic E-state index is 13.0. The van der Waals surface area contributed by atoms with Crippen molar-refractivity contribution < 1.29 is 14.3 Å². The zero-order valence-corrected chi connectivity index (χ0v) is 20.7. The van der Waals surface area contributed by atoms with Gasteiger partial charge in [0.15, 0.2) is 0 Å². The third kappa shape index (κ3) is 4.72. The fourth-order valence-electron chi connectivity index (χ4n) is 4.17. The Morgan fingerprint density at radius 2 is 1.63 bits per heavy atom. The molecule has 0 unspecified atom stereocenters. The summed E-state index contributed by atoms with van der Waals surface area (Å²) in [6.07, 6.45) is 1.74. The van der Waals surface area contributed by atoms with Crippen LogP contribution in [0.1, 0.15) is 20.8 Å². The lowest BCUT2D eigenvalue weighted by Crippen LogP contribution is -2.17. The average molecular weight is 508 g/mol. The van der Waals surface area contributed by atoms with Crippen LogP contribution in [0, 0.1) is 0 Å². The molecule has 2 aromatic heterocycles. The van der Waals surface area contributed by atoms with E-state index in [4.69, 9.17) is 10.5 Å². The molecule has 0 bridgehead atoms. The smallest absolute Gasteiger partial charge is 0.274 e. The van der Waals surface area contributed by atoms with Crippen LogP contribution in [0.2, 0.25) is 0 Å². The lowest BCUT2D eigenvalue weighted by Gasteiger charge is -2.09. The fourth-order valence-corrected chi connectivity index (χ4v) is 4.17. The van der Waals surface area contributed by atoms with Crippen molar-refractivity contribution in [2.75, 3.05) is 23.5 Å². The number of aryl methyl sites for hydroxylation is 1. The third-order valence-electron chi connectivity index (χ3n) is 6.22. The molecule has 0 atom stereocenters. The molecule has 0 saturated heterocycles. The number of para-hydroxylation sites is 2. The fraction of sp³-hybridized carbons (Fsp3) is 0.0690. The van der Waals surface area contributed by atoms with Gasteiger partial charge in [0.25, 0.3) is 17.4 Å². The van der Waals surface area contributed by atoms with Gasteiger partial charge >= 0.3 is 0 Å². The topological polar surface area (TPSA) is 131 Å². The zero-order valence-electron chi connectivity index (χ0n) is 20.7. The number of carbonyl (C=O) groups excluding carboxylic acids is 2. The summed E-state index contributed by atoms with van der Waals surface area (Å²) in [5.41, 5.74) is 9.78. The molecule has 5 N–H and O–H groups in total. The Morgan fingerprint density at radius 1 is 0.921 bits per heavy atom. The summed E-state index contributed by atoms with van der Waals surface area (Å²) < 4.78 is 6.72. The second kappa shape index (κ2) is 9.98. The summed E-state index contributed by atoms with van der Waals surface area (Å²) in [5.74, 6) is -0.0202. The first-order valence-electron chi connectivity index (χ1n) is 11.8. The van der Waals surface area contributed by atoms with Gasteiger partial charge in [0.05, 0.1) is 18.5 Å². The van der Waals surface area contributed by atoms with E-state index in [-0.39, 0.29) is 17.2 Å². The molecule has 0 aliphatic heterocycles. The van der Waals surface area contributed by atoms with Gasteiger partial charge in [0, 0.05) is 35.4 Å². The summed E-state index contributed by atoms with van der Waals surface area (Å²) in [4.78, 5) is 41.4. The predicted molar refractivity (Wildman–Crippen MR) is 149 cm³/mol. The molecule has 0 aliphatic carbocycles. The van der Waals surface area contributed by atoms with Crippen molar-refractivity contribution in [1.82, 2.24) is 9.55 Å². The second-order valence-electron chi connectivity index (χ2n) is 8.73. The lowest BCUT2D eigenvalue weighted by atomic mass is 10.0. The molecule has 0 radical (unpaired) electrons. The van der Waals surface area contributed by atoms with Crippen molar-refractivity contribution in [3.8, 4) is 16.9 Å². The highest BCUT2D eigenvalue weighted by Gasteiger charge is 2.17. The molecule has 5 rings (SSSR count). The van der Waals surface area contributed by atoms with E-state index >= 15 is 0 Å². The van der Waals surface area contributed by atoms with Crippen molar-refractivity contribution in [3.05, 3.63) is 107 Å². The molecule has 9 nitrogen and oxygen atoms in total. The summed E-state index contributed by atoms with van der Waals surface area (Å²) in [5, 5.41) is 6.21. The number of aromatic nitrogens is 2. The number of nitrogens with zero attached hydrogens (tertiary/aromatic N) is 1. The standard InChI is InChI=1S/C29H25N5O4/c1-34-16-22(17-9-13-20(38-2)14-10-17)21-15-25(32-26(21)29(34)37)28(36)31-19-11-7-18(8-12-19)27(35)33-24-6-4-3-5-23(24)30/h3-16,32H,30H2,1-2H3,(H,31,36)(H,33,35). The normalized spacial score (nSPS) is 10.8. The second-order valence-corrected chi connectivity index (χ2v) is 8.73. The van der Waals surface area contributed by atoms with Crippen molar-refractivity contribution in [2.24, 2.45) is 7.05 Å². The summed E-state index contributed by atoms with van der Waals surface area (Å²) in [6, 6.07) is 22.6. The molecule has 0 fully saturated rings. The van der Waals surface area contributed by atoms with Crippen LogP contribution >= 0.6 is 0 Å². The molecule has 9 heteroatoms. The zero-order chi connectivity index (χ0) is 26.8. The summed E-state index contributed by atoms with van der Waals surface area (Å²) >= 11 is 0. The van der Waals surface area contributed by atoms with Crippen LogP contribution in [0.5, 0.6) is 5.75 Å². The number of anilines is 3. The highest BCUT2D eigenvalue weighted by molar-refractivity contribution is 6.09. The first-order valence-corrected chi connectivity index (χ1v) is 11.8. The number of ether oxygens (including phenoxy) is 1. The van der Waals surface area contributed by atoms with Crippen molar-refractivity contribution in [3.63, 3.8) is 0 Å². The molecule has 0 saturated carbocycles. The lowest BCUT2D eigenvalue weighted by molar-refractivity contribution is 0.101. The number of methoxy groups -OCH3 is 1. The van der Waals surface area contributed by atoms with E-state index in [9.17, 15) is 14.4 Å². The van der Waals surface area contributed by atoms with Crippen LogP contribution in [-0.2, 0) is 7.05 Å². The molecule has 2 amide bonds. The highest BCUT2D eigenvalue weighted by atomic mass is 16.5. The van der Waals surface area contributed by atoms with Gasteiger partial charge in [0.1, 0.15) is 17.0 Å². The van der Waals surface area contributed by atoms with E-state index in [1.165, 1.54) is 4.57 Å². The number of rotatable bonds is 6. The summed E-state index contributed by atoms with van der Waals surface area (Å²) in [7, 11) is 3.26. The summed E-state index contributed by atoms with van der Waals surface area (Å²) in [6.45, 7) is 0. The van der Waals surface area contributed by atoms with Gasteiger partial charge in [-0.05, 0) is 60.2 Å². The number of nitrogens with one attached hydrogen (secondary N) is 3. The minimum atomic E-state index is -0.418. The van der Waals surface area contributed by atoms with E-state index in [2.05, 4.69) is 15.6 Å². The Bertz CT molecular complexity index is 1720. The number of hydrogen-bond acceptors (Lipinski definition) is 5. The molecular formula is C29H25N5O4. The largest absolute Gasteiger partial charge is 0.497 e. The highest BCUT2D eigenvalue weighted by Crippen LogP contribution is 2.29. The molecule has 0 aliphatic rings. The van der Waals surface area contributed by atoms with Crippen LogP contribution in [0.25, 0.3) is 22.0 Å². The van der Waals surface area contributed by atoms with Crippen LogP contribution in [0.15, 0.2) is 89.9 Å². The number of pyridine rings is 1. The number of H-pyrrole nitrogens is 1. The van der Waals surface area contributed by atoms with E-state index in [0.717, 1.165) is 16.9 Å². The Hall–Kier alpha value is -5.31. The Labute approximate surface area is 217 Å². The molecule has 0 spiro atoms. The van der Waals surface area contributed by atoms with E-state index in [1.54, 1.807) is 75.0 Å². The maximum Gasteiger partial charge on any atom is 0.274 e. The Kier molecular flexibility index (Phi) is 6.40. The average Bonchev–Trinajstić information content (AvgIpc) is 3.39. The van der Waals surface area contributed by atoms with Crippen LogP contribution < -0.4 is 26.7 Å². The van der Waals surface area contributed by atoms with Gasteiger partial charge in [-0.2, -0.15) is 0 Å². The molecule has 190 valence electrons. The number of amides is 2. The molecule has 2 heterocycles. The minimum absolute atomic E-state index is 0.236. The number of benzene rings is 3. The number of nitrogen functional groups attached to an aromatic ring is 1. The maximum absolute atomic E-state index is 13.0. The number of aromatic amines is 1. The van der Waals surface area contributed by atoms with Gasteiger partial charge in [-0.15, -0.1) is 0 Å². The van der Waals surface area contributed by atoms with Crippen molar-refractivity contribution in [1.29, 1.82) is 0 Å². The first kappa shape index (κ1) is 24.4. The number of nitrogens with two attached hydrogens (primary N) is 1. The van der Waals surface area contributed by atoms with Gasteiger partial charge in [0.2, 0.25) is 0 Å². The van der Waals surface area contributed by atoms with Gasteiger partial charge < -0.3 is 30.7 Å². The SMILES string of the molecule is COc1ccc(-c2cn(C)c(=O)c3[nH]c(C(=O)Nc4ccc(C(=O)Nc5ccccc5N)cc4)cc23)cc1. The number of fused-ring (bicyclic) bond motifs is 1. The van der Waals surface area contributed by atoms with Crippen molar-refractivity contribution >= 4 is 39.8 Å². The quantitative estimate of drug-likeness (QED) is 0.249. The van der Waals surface area contributed by atoms with Gasteiger partial charge in [-0.3, -0.25) is 14.4 Å². The van der Waals surface area contributed by atoms with Crippen molar-refractivity contribution in [2.45, 2.75) is 0 Å². The van der Waals surface area contributed by atoms with E-state index in [0.29, 0.717) is 33.5 Å². The molecular weight excluding hydrogens is 482 g/mol. The molecule has 5 aromatic rings. The van der Waals surface area contributed by atoms with Crippen LogP contribution in [-0.4, -0.2) is 28.5 Å². The monoisotopic (exact) mass is 507 g/mol. The van der Waals surface area contributed by atoms with E-state index < -0.39 is 5.91 Å². The Morgan fingerprint density at radius 3 is 2.32 bits per heavy atom.